The van der Waals surface area contributed by atoms with Crippen molar-refractivity contribution in [1.29, 1.82) is 0 Å². The molecule has 2 rings (SSSR count). The molecule has 5 heteroatoms. The zero-order chi connectivity index (χ0) is 17.7. The molecule has 0 aliphatic rings. The minimum atomic E-state index is -1.26. The quantitative estimate of drug-likeness (QED) is 0.644. The van der Waals surface area contributed by atoms with Crippen molar-refractivity contribution in [2.45, 2.75) is 25.0 Å². The summed E-state index contributed by atoms with van der Waals surface area (Å²) in [6.45, 7) is 0.686. The third kappa shape index (κ3) is 4.53. The van der Waals surface area contributed by atoms with E-state index in [2.05, 4.69) is 27.5 Å². The average molecular weight is 443 g/mol. The van der Waals surface area contributed by atoms with Gasteiger partial charge in [-0.1, -0.05) is 18.2 Å². The number of rotatable bonds is 7. The van der Waals surface area contributed by atoms with E-state index >= 15 is 0 Å². The fraction of sp³-hybridized carbons (Fsp3) is 0.368. The first-order valence-electron chi connectivity index (χ1n) is 7.89. The Morgan fingerprint density at radius 3 is 2.38 bits per heavy atom. The molecule has 130 valence electrons. The summed E-state index contributed by atoms with van der Waals surface area (Å²) in [5.74, 6) is -0.334. The van der Waals surface area contributed by atoms with Crippen LogP contribution in [0.1, 0.15) is 29.5 Å². The van der Waals surface area contributed by atoms with Crippen LogP contribution in [0, 0.1) is 9.39 Å². The number of nitrogens with zero attached hydrogens (tertiary/aromatic N) is 1. The fourth-order valence-electron chi connectivity index (χ4n) is 2.91. The van der Waals surface area contributed by atoms with Crippen molar-refractivity contribution < 1.29 is 14.6 Å². The van der Waals surface area contributed by atoms with Crippen molar-refractivity contribution in [3.63, 3.8) is 0 Å². The maximum absolute atomic E-state index is 13.3. The second kappa shape index (κ2) is 8.38. The Kier molecular flexibility index (Phi) is 6.74. The first-order valence-corrected chi connectivity index (χ1v) is 8.97. The Labute approximate surface area is 156 Å². The molecule has 0 heterocycles. The summed E-state index contributed by atoms with van der Waals surface area (Å²) in [6, 6.07) is 11.6. The van der Waals surface area contributed by atoms with Gasteiger partial charge in [0.05, 0.1) is 6.61 Å². The van der Waals surface area contributed by atoms with E-state index in [0.29, 0.717) is 23.1 Å². The second-order valence-electron chi connectivity index (χ2n) is 6.23. The maximum atomic E-state index is 13.3. The fourth-order valence-corrected chi connectivity index (χ4v) is 3.46. The summed E-state index contributed by atoms with van der Waals surface area (Å²) in [5, 5.41) is 21.2. The first kappa shape index (κ1) is 19.3. The minimum absolute atomic E-state index is 0.149. The molecule has 0 aliphatic heterocycles. The maximum Gasteiger partial charge on any atom is 0.123 e. The van der Waals surface area contributed by atoms with Gasteiger partial charge in [0.1, 0.15) is 11.4 Å². The van der Waals surface area contributed by atoms with Crippen molar-refractivity contribution in [2.75, 3.05) is 20.6 Å². The van der Waals surface area contributed by atoms with Crippen molar-refractivity contribution in [3.05, 3.63) is 68.5 Å². The Morgan fingerprint density at radius 1 is 1.12 bits per heavy atom. The largest absolute Gasteiger partial charge is 0.392 e. The molecule has 0 saturated carbocycles. The topological polar surface area (TPSA) is 43.7 Å². The molecule has 0 fully saturated rings. The lowest BCUT2D eigenvalue weighted by Crippen LogP contribution is -2.30. The highest BCUT2D eigenvalue weighted by Crippen LogP contribution is 2.37. The van der Waals surface area contributed by atoms with Crippen molar-refractivity contribution in [3.8, 4) is 0 Å². The number of hydrogen-bond acceptors (Lipinski definition) is 3. The van der Waals surface area contributed by atoms with Gasteiger partial charge >= 0.3 is 0 Å². The molecule has 0 radical (unpaired) electrons. The molecule has 0 unspecified atom stereocenters. The van der Waals surface area contributed by atoms with Gasteiger partial charge in [-0.2, -0.15) is 0 Å². The van der Waals surface area contributed by atoms with E-state index in [9.17, 15) is 14.6 Å². The van der Waals surface area contributed by atoms with E-state index in [1.165, 1.54) is 12.1 Å². The summed E-state index contributed by atoms with van der Waals surface area (Å²) in [5.41, 5.74) is 0.750. The Balaban J connectivity index is 2.47. The van der Waals surface area contributed by atoms with Crippen molar-refractivity contribution in [1.82, 2.24) is 4.90 Å². The standard InChI is InChI=1S/C19H23FINO2/c1-22(2)11-3-10-19(24,15-4-6-16(20)7-5-15)18-9-8-17(21)12-14(18)13-23/h4-9,12,23-24H,3,10-11,13H2,1-2H3/t19-/m0/s1. The molecule has 24 heavy (non-hydrogen) atoms. The van der Waals surface area contributed by atoms with Gasteiger partial charge in [-0.3, -0.25) is 0 Å². The van der Waals surface area contributed by atoms with Gasteiger partial charge in [-0.25, -0.2) is 4.39 Å². The zero-order valence-electron chi connectivity index (χ0n) is 14.0. The van der Waals surface area contributed by atoms with Gasteiger partial charge in [0.25, 0.3) is 0 Å². The van der Waals surface area contributed by atoms with Gasteiger partial charge in [0.15, 0.2) is 0 Å². The van der Waals surface area contributed by atoms with Crippen LogP contribution in [0.2, 0.25) is 0 Å². The SMILES string of the molecule is CN(C)CCC[C@](O)(c1ccc(F)cc1)c1ccc(I)cc1CO. The molecule has 1 atom stereocenters. The van der Waals surface area contributed by atoms with E-state index < -0.39 is 5.60 Å². The summed E-state index contributed by atoms with van der Waals surface area (Å²) >= 11 is 2.18. The molecule has 2 aromatic carbocycles. The summed E-state index contributed by atoms with van der Waals surface area (Å²) in [6.07, 6.45) is 1.27. The van der Waals surface area contributed by atoms with Gasteiger partial charge in [-0.05, 0) is 97.0 Å². The Hall–Kier alpha value is -1.02. The van der Waals surface area contributed by atoms with Gasteiger partial charge in [0, 0.05) is 3.57 Å². The molecule has 3 nitrogen and oxygen atoms in total. The average Bonchev–Trinajstić information content (AvgIpc) is 2.54. The lowest BCUT2D eigenvalue weighted by molar-refractivity contribution is 0.0640. The zero-order valence-corrected chi connectivity index (χ0v) is 16.1. The van der Waals surface area contributed by atoms with Crippen LogP contribution >= 0.6 is 22.6 Å². The molecule has 0 bridgehead atoms. The van der Waals surface area contributed by atoms with E-state index in [4.69, 9.17) is 0 Å². The molecule has 0 amide bonds. The highest BCUT2D eigenvalue weighted by Gasteiger charge is 2.33. The van der Waals surface area contributed by atoms with Crippen molar-refractivity contribution in [2.24, 2.45) is 0 Å². The third-order valence-corrected chi connectivity index (χ3v) is 4.82. The van der Waals surface area contributed by atoms with Crippen LogP contribution in [0.4, 0.5) is 4.39 Å². The van der Waals surface area contributed by atoms with Crippen LogP contribution in [-0.2, 0) is 12.2 Å². The normalized spacial score (nSPS) is 14.0. The van der Waals surface area contributed by atoms with E-state index in [0.717, 1.165) is 16.5 Å². The summed E-state index contributed by atoms with van der Waals surface area (Å²) in [7, 11) is 3.97. The van der Waals surface area contributed by atoms with Gasteiger partial charge in [-0.15, -0.1) is 0 Å². The highest BCUT2D eigenvalue weighted by atomic mass is 127. The van der Waals surface area contributed by atoms with Gasteiger partial charge in [0.2, 0.25) is 0 Å². The van der Waals surface area contributed by atoms with Crippen LogP contribution in [0.25, 0.3) is 0 Å². The molecule has 0 aromatic heterocycles. The molecular weight excluding hydrogens is 420 g/mol. The van der Waals surface area contributed by atoms with Crippen LogP contribution in [0.15, 0.2) is 42.5 Å². The number of hydrogen-bond donors (Lipinski definition) is 2. The third-order valence-electron chi connectivity index (χ3n) is 4.15. The predicted molar refractivity (Wildman–Crippen MR) is 102 cm³/mol. The summed E-state index contributed by atoms with van der Waals surface area (Å²) < 4.78 is 14.3. The predicted octanol–water partition coefficient (Wildman–Crippen LogP) is 3.50. The minimum Gasteiger partial charge on any atom is -0.392 e. The Bertz CT molecular complexity index is 676. The van der Waals surface area contributed by atoms with Crippen LogP contribution in [-0.4, -0.2) is 35.8 Å². The van der Waals surface area contributed by atoms with Crippen LogP contribution in [0.3, 0.4) is 0 Å². The first-order chi connectivity index (χ1) is 11.4. The number of benzene rings is 2. The van der Waals surface area contributed by atoms with E-state index in [1.54, 1.807) is 12.1 Å². The number of aliphatic hydroxyl groups is 2. The molecule has 2 N–H and O–H groups in total. The summed E-state index contributed by atoms with van der Waals surface area (Å²) in [4.78, 5) is 2.06. The van der Waals surface area contributed by atoms with Crippen LogP contribution in [0.5, 0.6) is 0 Å². The Morgan fingerprint density at radius 2 is 1.79 bits per heavy atom. The molecule has 0 aliphatic carbocycles. The lowest BCUT2D eigenvalue weighted by atomic mass is 9.80. The van der Waals surface area contributed by atoms with Gasteiger partial charge < -0.3 is 15.1 Å². The monoisotopic (exact) mass is 443 g/mol. The molecular formula is C19H23FINO2. The van der Waals surface area contributed by atoms with E-state index in [1.807, 2.05) is 32.3 Å². The highest BCUT2D eigenvalue weighted by molar-refractivity contribution is 14.1. The molecule has 0 spiro atoms. The van der Waals surface area contributed by atoms with Crippen LogP contribution < -0.4 is 0 Å². The number of halogens is 2. The lowest BCUT2D eigenvalue weighted by Gasteiger charge is -2.32. The van der Waals surface area contributed by atoms with Crippen molar-refractivity contribution >= 4 is 22.6 Å². The smallest absolute Gasteiger partial charge is 0.123 e. The number of aliphatic hydroxyl groups excluding tert-OH is 1. The van der Waals surface area contributed by atoms with E-state index in [-0.39, 0.29) is 12.4 Å². The molecule has 2 aromatic rings. The second-order valence-corrected chi connectivity index (χ2v) is 7.48. The molecule has 0 saturated heterocycles.